The summed E-state index contributed by atoms with van der Waals surface area (Å²) in [6, 6.07) is 5.10. The molecule has 118 valence electrons. The molecule has 1 N–H and O–H groups in total. The van der Waals surface area contributed by atoms with Crippen molar-refractivity contribution in [3.63, 3.8) is 0 Å². The molecule has 0 amide bonds. The topological polar surface area (TPSA) is 15.3 Å². The Labute approximate surface area is 132 Å². The van der Waals surface area contributed by atoms with Gasteiger partial charge in [-0.2, -0.15) is 0 Å². The summed E-state index contributed by atoms with van der Waals surface area (Å²) in [5.74, 6) is -0.216. The molecule has 2 nitrogen and oxygen atoms in total. The van der Waals surface area contributed by atoms with Crippen molar-refractivity contribution in [2.45, 2.75) is 58.2 Å². The van der Waals surface area contributed by atoms with Crippen molar-refractivity contribution in [1.82, 2.24) is 10.2 Å². The maximum atomic E-state index is 13.5. The van der Waals surface area contributed by atoms with Gasteiger partial charge in [-0.05, 0) is 56.5 Å². The van der Waals surface area contributed by atoms with Crippen molar-refractivity contribution in [3.8, 4) is 0 Å². The Kier molecular flexibility index (Phi) is 5.64. The second-order valence-electron chi connectivity index (χ2n) is 6.19. The Morgan fingerprint density at radius 3 is 2.76 bits per heavy atom. The highest BCUT2D eigenvalue weighted by atomic mass is 35.5. The summed E-state index contributed by atoms with van der Waals surface area (Å²) < 4.78 is 13.5. The summed E-state index contributed by atoms with van der Waals surface area (Å²) in [7, 11) is 0. The van der Waals surface area contributed by atoms with E-state index in [1.165, 1.54) is 6.07 Å². The molecule has 0 saturated carbocycles. The van der Waals surface area contributed by atoms with Gasteiger partial charge in [0.2, 0.25) is 0 Å². The lowest BCUT2D eigenvalue weighted by Gasteiger charge is -2.37. The summed E-state index contributed by atoms with van der Waals surface area (Å²) in [4.78, 5) is 2.44. The van der Waals surface area contributed by atoms with Crippen LogP contribution in [-0.4, -0.2) is 29.6 Å². The third kappa shape index (κ3) is 3.97. The molecule has 0 bridgehead atoms. The number of nitrogens with one attached hydrogen (secondary N) is 1. The van der Waals surface area contributed by atoms with Crippen LogP contribution in [0.2, 0.25) is 5.02 Å². The molecule has 4 heteroatoms. The fraction of sp³-hybridized carbons (Fsp3) is 0.647. The molecule has 0 aliphatic carbocycles. The van der Waals surface area contributed by atoms with Gasteiger partial charge >= 0.3 is 0 Å². The maximum Gasteiger partial charge on any atom is 0.123 e. The van der Waals surface area contributed by atoms with Crippen LogP contribution < -0.4 is 5.32 Å². The van der Waals surface area contributed by atoms with Crippen LogP contribution in [0.5, 0.6) is 0 Å². The van der Waals surface area contributed by atoms with Gasteiger partial charge in [-0.25, -0.2) is 4.39 Å². The number of benzene rings is 1. The normalized spacial score (nSPS) is 23.0. The van der Waals surface area contributed by atoms with Gasteiger partial charge in [-0.15, -0.1) is 0 Å². The highest BCUT2D eigenvalue weighted by Gasteiger charge is 2.33. The summed E-state index contributed by atoms with van der Waals surface area (Å²) >= 11 is 6.23. The third-order valence-corrected chi connectivity index (χ3v) is 5.29. The van der Waals surface area contributed by atoms with E-state index < -0.39 is 0 Å². The zero-order valence-corrected chi connectivity index (χ0v) is 14.0. The molecule has 0 spiro atoms. The summed E-state index contributed by atoms with van der Waals surface area (Å²) in [5, 5.41) is 4.37. The average molecular weight is 313 g/mol. The predicted octanol–water partition coefficient (Wildman–Crippen LogP) is 4.22. The van der Waals surface area contributed by atoms with E-state index in [0.29, 0.717) is 17.6 Å². The first-order valence-corrected chi connectivity index (χ1v) is 8.30. The second-order valence-corrected chi connectivity index (χ2v) is 6.60. The third-order valence-electron chi connectivity index (χ3n) is 4.93. The zero-order valence-electron chi connectivity index (χ0n) is 13.3. The molecule has 21 heavy (non-hydrogen) atoms. The molecule has 2 rings (SSSR count). The van der Waals surface area contributed by atoms with Crippen molar-refractivity contribution in [2.24, 2.45) is 0 Å². The van der Waals surface area contributed by atoms with Crippen molar-refractivity contribution in [3.05, 3.63) is 34.6 Å². The zero-order chi connectivity index (χ0) is 15.5. The minimum absolute atomic E-state index is 0.157. The van der Waals surface area contributed by atoms with E-state index >= 15 is 0 Å². The van der Waals surface area contributed by atoms with Gasteiger partial charge in [0, 0.05) is 29.7 Å². The molecule has 1 unspecified atom stereocenters. The molecule has 1 aliphatic rings. The van der Waals surface area contributed by atoms with E-state index in [9.17, 15) is 4.39 Å². The Hall–Kier alpha value is -0.640. The molecule has 1 aliphatic heterocycles. The van der Waals surface area contributed by atoms with E-state index in [1.807, 2.05) is 0 Å². The largest absolute Gasteiger partial charge is 0.310 e. The van der Waals surface area contributed by atoms with Crippen LogP contribution in [0.15, 0.2) is 18.2 Å². The minimum Gasteiger partial charge on any atom is -0.310 e. The molecule has 1 atom stereocenters. The highest BCUT2D eigenvalue weighted by Crippen LogP contribution is 2.26. The standard InChI is InChI=1S/C17H26ClFN2/c1-4-17(5-2)12-21(13(3)8-9-20-17)11-14-10-15(19)6-7-16(14)18/h6-7,10,13,20H,4-5,8-9,11-12H2,1-3H3. The Morgan fingerprint density at radius 2 is 2.10 bits per heavy atom. The highest BCUT2D eigenvalue weighted by molar-refractivity contribution is 6.31. The Bertz CT molecular complexity index is 474. The molecule has 0 radical (unpaired) electrons. The molecule has 1 fully saturated rings. The van der Waals surface area contributed by atoms with Crippen LogP contribution in [0.25, 0.3) is 0 Å². The molecule has 1 aromatic rings. The second kappa shape index (κ2) is 7.08. The van der Waals surface area contributed by atoms with Gasteiger partial charge in [-0.1, -0.05) is 25.4 Å². The van der Waals surface area contributed by atoms with Crippen LogP contribution in [0, 0.1) is 5.82 Å². The first kappa shape index (κ1) is 16.7. The maximum absolute atomic E-state index is 13.5. The lowest BCUT2D eigenvalue weighted by atomic mass is 9.92. The SMILES string of the molecule is CCC1(CC)CN(Cc2cc(F)ccc2Cl)C(C)CCN1. The van der Waals surface area contributed by atoms with Gasteiger partial charge in [0.25, 0.3) is 0 Å². The molecular formula is C17H26ClFN2. The van der Waals surface area contributed by atoms with Gasteiger partial charge in [0.15, 0.2) is 0 Å². The predicted molar refractivity (Wildman–Crippen MR) is 87.2 cm³/mol. The van der Waals surface area contributed by atoms with Crippen LogP contribution in [0.4, 0.5) is 4.39 Å². The Balaban J connectivity index is 2.21. The summed E-state index contributed by atoms with van der Waals surface area (Å²) in [5.41, 5.74) is 1.04. The monoisotopic (exact) mass is 312 g/mol. The van der Waals surface area contributed by atoms with Crippen molar-refractivity contribution >= 4 is 11.6 Å². The summed E-state index contributed by atoms with van der Waals surface area (Å²) in [6.45, 7) is 9.45. The summed E-state index contributed by atoms with van der Waals surface area (Å²) in [6.07, 6.45) is 3.31. The van der Waals surface area contributed by atoms with Gasteiger partial charge in [-0.3, -0.25) is 4.90 Å². The number of hydrogen-bond acceptors (Lipinski definition) is 2. The fourth-order valence-electron chi connectivity index (χ4n) is 3.15. The van der Waals surface area contributed by atoms with E-state index in [2.05, 4.69) is 31.0 Å². The van der Waals surface area contributed by atoms with Gasteiger partial charge in [0.1, 0.15) is 5.82 Å². The van der Waals surface area contributed by atoms with Gasteiger partial charge in [0.05, 0.1) is 0 Å². The van der Waals surface area contributed by atoms with Crippen LogP contribution in [-0.2, 0) is 6.54 Å². The molecular weight excluding hydrogens is 287 g/mol. The lowest BCUT2D eigenvalue weighted by molar-refractivity contribution is 0.152. The molecule has 1 heterocycles. The van der Waals surface area contributed by atoms with E-state index in [0.717, 1.165) is 37.9 Å². The average Bonchev–Trinajstić information content (AvgIpc) is 2.63. The first-order chi connectivity index (χ1) is 9.99. The molecule has 1 aromatic carbocycles. The number of hydrogen-bond donors (Lipinski definition) is 1. The van der Waals surface area contributed by atoms with E-state index in [4.69, 9.17) is 11.6 Å². The number of halogens is 2. The van der Waals surface area contributed by atoms with E-state index in [1.54, 1.807) is 12.1 Å². The van der Waals surface area contributed by atoms with Crippen LogP contribution in [0.3, 0.4) is 0 Å². The number of nitrogens with zero attached hydrogens (tertiary/aromatic N) is 1. The number of rotatable bonds is 4. The fourth-order valence-corrected chi connectivity index (χ4v) is 3.33. The Morgan fingerprint density at radius 1 is 1.38 bits per heavy atom. The van der Waals surface area contributed by atoms with Crippen molar-refractivity contribution in [1.29, 1.82) is 0 Å². The van der Waals surface area contributed by atoms with Crippen LogP contribution >= 0.6 is 11.6 Å². The smallest absolute Gasteiger partial charge is 0.123 e. The van der Waals surface area contributed by atoms with Crippen molar-refractivity contribution in [2.75, 3.05) is 13.1 Å². The van der Waals surface area contributed by atoms with Crippen molar-refractivity contribution < 1.29 is 4.39 Å². The van der Waals surface area contributed by atoms with Crippen LogP contribution in [0.1, 0.15) is 45.6 Å². The molecule has 0 aromatic heterocycles. The van der Waals surface area contributed by atoms with Gasteiger partial charge < -0.3 is 5.32 Å². The van der Waals surface area contributed by atoms with E-state index in [-0.39, 0.29) is 11.4 Å². The lowest BCUT2D eigenvalue weighted by Crippen LogP contribution is -2.51. The molecule has 1 saturated heterocycles. The first-order valence-electron chi connectivity index (χ1n) is 7.92. The quantitative estimate of drug-likeness (QED) is 0.895. The minimum atomic E-state index is -0.216.